The molecule has 0 aliphatic rings. The van der Waals surface area contributed by atoms with Gasteiger partial charge in [0.15, 0.2) is 17.3 Å². The lowest BCUT2D eigenvalue weighted by Gasteiger charge is -2.07. The van der Waals surface area contributed by atoms with Crippen LogP contribution in [0, 0.1) is 0 Å². The standard InChI is InChI=1S/C19H18N4O3S/c1-4-26-14-8-5-12(6-9-14)17-20-21-19-23(17)22-18(27-19)13-7-10-15(24-2)16(11-13)25-3/h5-11H,4H2,1-3H3. The number of hydrogen-bond donors (Lipinski definition) is 0. The number of fused-ring (bicyclic) bond motifs is 1. The number of benzene rings is 2. The molecule has 2 aromatic carbocycles. The van der Waals surface area contributed by atoms with Gasteiger partial charge in [0.2, 0.25) is 4.96 Å². The third-order valence-corrected chi connectivity index (χ3v) is 4.99. The summed E-state index contributed by atoms with van der Waals surface area (Å²) in [6.07, 6.45) is 0. The molecule has 4 rings (SSSR count). The molecule has 7 nitrogen and oxygen atoms in total. The first kappa shape index (κ1) is 17.3. The molecule has 0 atom stereocenters. The van der Waals surface area contributed by atoms with Crippen LogP contribution in [0.5, 0.6) is 17.2 Å². The molecule has 0 bridgehead atoms. The van der Waals surface area contributed by atoms with Gasteiger partial charge in [0.25, 0.3) is 0 Å². The van der Waals surface area contributed by atoms with Crippen molar-refractivity contribution in [3.63, 3.8) is 0 Å². The van der Waals surface area contributed by atoms with Crippen molar-refractivity contribution in [2.45, 2.75) is 6.92 Å². The number of methoxy groups -OCH3 is 2. The van der Waals surface area contributed by atoms with Gasteiger partial charge in [0.1, 0.15) is 10.8 Å². The van der Waals surface area contributed by atoms with Crippen molar-refractivity contribution in [2.24, 2.45) is 0 Å². The normalized spacial score (nSPS) is 10.9. The third-order valence-electron chi connectivity index (χ3n) is 4.04. The molecule has 27 heavy (non-hydrogen) atoms. The quantitative estimate of drug-likeness (QED) is 0.503. The highest BCUT2D eigenvalue weighted by Crippen LogP contribution is 2.34. The lowest BCUT2D eigenvalue weighted by Crippen LogP contribution is -1.94. The third kappa shape index (κ3) is 3.19. The van der Waals surface area contributed by atoms with Crippen LogP contribution in [0.3, 0.4) is 0 Å². The van der Waals surface area contributed by atoms with Crippen molar-refractivity contribution >= 4 is 16.3 Å². The van der Waals surface area contributed by atoms with E-state index in [4.69, 9.17) is 19.3 Å². The van der Waals surface area contributed by atoms with Crippen LogP contribution < -0.4 is 14.2 Å². The minimum absolute atomic E-state index is 0.634. The molecule has 0 aliphatic carbocycles. The van der Waals surface area contributed by atoms with Gasteiger partial charge in [-0.2, -0.15) is 9.61 Å². The Labute approximate surface area is 160 Å². The monoisotopic (exact) mass is 382 g/mol. The van der Waals surface area contributed by atoms with Crippen molar-refractivity contribution in [3.05, 3.63) is 42.5 Å². The Morgan fingerprint density at radius 3 is 2.37 bits per heavy atom. The largest absolute Gasteiger partial charge is 0.494 e. The molecule has 0 aliphatic heterocycles. The highest BCUT2D eigenvalue weighted by atomic mass is 32.1. The molecule has 0 N–H and O–H groups in total. The number of aromatic nitrogens is 4. The number of rotatable bonds is 6. The predicted octanol–water partition coefficient (Wildman–Crippen LogP) is 3.94. The first-order chi connectivity index (χ1) is 13.2. The maximum absolute atomic E-state index is 5.49. The smallest absolute Gasteiger partial charge is 0.235 e. The van der Waals surface area contributed by atoms with E-state index in [1.165, 1.54) is 11.3 Å². The van der Waals surface area contributed by atoms with E-state index in [0.717, 1.165) is 26.8 Å². The Morgan fingerprint density at radius 1 is 0.926 bits per heavy atom. The van der Waals surface area contributed by atoms with E-state index in [0.29, 0.717) is 23.9 Å². The van der Waals surface area contributed by atoms with Crippen LogP contribution >= 0.6 is 11.3 Å². The van der Waals surface area contributed by atoms with Crippen LogP contribution in [0.1, 0.15) is 6.92 Å². The Hall–Kier alpha value is -3.13. The first-order valence-corrected chi connectivity index (χ1v) is 9.23. The second kappa shape index (κ2) is 7.24. The average Bonchev–Trinajstić information content (AvgIpc) is 3.29. The van der Waals surface area contributed by atoms with Gasteiger partial charge < -0.3 is 14.2 Å². The van der Waals surface area contributed by atoms with E-state index < -0.39 is 0 Å². The molecule has 0 unspecified atom stereocenters. The molecule has 0 spiro atoms. The van der Waals surface area contributed by atoms with Gasteiger partial charge in [-0.25, -0.2) is 0 Å². The van der Waals surface area contributed by atoms with E-state index in [9.17, 15) is 0 Å². The predicted molar refractivity (Wildman–Crippen MR) is 104 cm³/mol. The first-order valence-electron chi connectivity index (χ1n) is 8.41. The van der Waals surface area contributed by atoms with Gasteiger partial charge in [-0.15, -0.1) is 10.2 Å². The minimum atomic E-state index is 0.634. The SMILES string of the molecule is CCOc1ccc(-c2nnc3sc(-c4ccc(OC)c(OC)c4)nn23)cc1. The Bertz CT molecular complexity index is 1070. The van der Waals surface area contributed by atoms with Crippen LogP contribution in [-0.2, 0) is 0 Å². The maximum atomic E-state index is 5.49. The summed E-state index contributed by atoms with van der Waals surface area (Å²) in [5, 5.41) is 14.0. The van der Waals surface area contributed by atoms with Crippen LogP contribution in [0.15, 0.2) is 42.5 Å². The van der Waals surface area contributed by atoms with Crippen LogP contribution in [0.25, 0.3) is 26.9 Å². The summed E-state index contributed by atoms with van der Waals surface area (Å²) >= 11 is 1.47. The maximum Gasteiger partial charge on any atom is 0.235 e. The van der Waals surface area contributed by atoms with E-state index in [-0.39, 0.29) is 0 Å². The van der Waals surface area contributed by atoms with Crippen molar-refractivity contribution in [1.82, 2.24) is 19.8 Å². The second-order valence-corrected chi connectivity index (χ2v) is 6.61. The summed E-state index contributed by atoms with van der Waals surface area (Å²) in [6, 6.07) is 13.5. The Balaban J connectivity index is 1.72. The fourth-order valence-electron chi connectivity index (χ4n) is 2.75. The molecule has 138 valence electrons. The van der Waals surface area contributed by atoms with Crippen LogP contribution in [0.4, 0.5) is 0 Å². The number of hydrogen-bond acceptors (Lipinski definition) is 7. The summed E-state index contributed by atoms with van der Waals surface area (Å²) in [6.45, 7) is 2.59. The van der Waals surface area contributed by atoms with E-state index in [1.807, 2.05) is 49.4 Å². The second-order valence-electron chi connectivity index (χ2n) is 5.65. The van der Waals surface area contributed by atoms with Crippen LogP contribution in [-0.4, -0.2) is 40.6 Å². The van der Waals surface area contributed by atoms with E-state index in [1.54, 1.807) is 18.7 Å². The summed E-state index contributed by atoms with van der Waals surface area (Å²) < 4.78 is 17.9. The Morgan fingerprint density at radius 2 is 1.67 bits per heavy atom. The highest BCUT2D eigenvalue weighted by molar-refractivity contribution is 7.19. The summed E-state index contributed by atoms with van der Waals surface area (Å²) in [5.41, 5.74) is 1.86. The van der Waals surface area contributed by atoms with E-state index >= 15 is 0 Å². The summed E-state index contributed by atoms with van der Waals surface area (Å²) in [5.74, 6) is 2.86. The zero-order valence-electron chi connectivity index (χ0n) is 15.2. The van der Waals surface area contributed by atoms with Gasteiger partial charge in [0, 0.05) is 11.1 Å². The number of nitrogens with zero attached hydrogens (tertiary/aromatic N) is 4. The zero-order chi connectivity index (χ0) is 18.8. The summed E-state index contributed by atoms with van der Waals surface area (Å²) in [7, 11) is 3.23. The molecule has 0 saturated heterocycles. The number of ether oxygens (including phenoxy) is 3. The molecular formula is C19H18N4O3S. The van der Waals surface area contributed by atoms with Crippen molar-refractivity contribution in [1.29, 1.82) is 0 Å². The topological polar surface area (TPSA) is 70.8 Å². The van der Waals surface area contributed by atoms with Crippen LogP contribution in [0.2, 0.25) is 0 Å². The van der Waals surface area contributed by atoms with Gasteiger partial charge in [0.05, 0.1) is 20.8 Å². The minimum Gasteiger partial charge on any atom is -0.494 e. The molecule has 0 amide bonds. The zero-order valence-corrected chi connectivity index (χ0v) is 16.0. The molecule has 0 fully saturated rings. The van der Waals surface area contributed by atoms with E-state index in [2.05, 4.69) is 10.2 Å². The lowest BCUT2D eigenvalue weighted by atomic mass is 10.2. The molecule has 2 aromatic heterocycles. The molecule has 2 heterocycles. The highest BCUT2D eigenvalue weighted by Gasteiger charge is 2.16. The fraction of sp³-hybridized carbons (Fsp3) is 0.211. The average molecular weight is 382 g/mol. The fourth-order valence-corrected chi connectivity index (χ4v) is 3.59. The Kier molecular flexibility index (Phi) is 4.64. The molecule has 8 heteroatoms. The molecular weight excluding hydrogens is 364 g/mol. The van der Waals surface area contributed by atoms with Gasteiger partial charge in [-0.05, 0) is 49.4 Å². The molecule has 0 radical (unpaired) electrons. The van der Waals surface area contributed by atoms with Crippen molar-refractivity contribution in [2.75, 3.05) is 20.8 Å². The summed E-state index contributed by atoms with van der Waals surface area (Å²) in [4.78, 5) is 0.726. The van der Waals surface area contributed by atoms with Crippen molar-refractivity contribution in [3.8, 4) is 39.2 Å². The lowest BCUT2D eigenvalue weighted by molar-refractivity contribution is 0.340. The molecule has 0 saturated carbocycles. The van der Waals surface area contributed by atoms with Crippen molar-refractivity contribution < 1.29 is 14.2 Å². The van der Waals surface area contributed by atoms with Gasteiger partial charge in [-0.1, -0.05) is 11.3 Å². The van der Waals surface area contributed by atoms with Gasteiger partial charge >= 0.3 is 0 Å². The van der Waals surface area contributed by atoms with Gasteiger partial charge in [-0.3, -0.25) is 0 Å². The molecule has 4 aromatic rings.